The van der Waals surface area contributed by atoms with Crippen LogP contribution in [0, 0.1) is 0 Å². The normalized spacial score (nSPS) is 11.9. The number of amides is 1. The molecule has 0 saturated heterocycles. The molecule has 104 valence electrons. The summed E-state index contributed by atoms with van der Waals surface area (Å²) in [5.41, 5.74) is -0.147. The van der Waals surface area contributed by atoms with Crippen molar-refractivity contribution in [3.05, 3.63) is 32.7 Å². The largest absolute Gasteiger partial charge is 0.480 e. The molecule has 0 bridgehead atoms. The number of carboxylic acid groups (broad SMARTS) is 1. The lowest BCUT2D eigenvalue weighted by Gasteiger charge is -2.14. The first-order valence-corrected chi connectivity index (χ1v) is 6.67. The Morgan fingerprint density at radius 2 is 2.21 bits per heavy atom. The lowest BCUT2D eigenvalue weighted by atomic mass is 10.1. The summed E-state index contributed by atoms with van der Waals surface area (Å²) in [6.45, 7) is 1.94. The van der Waals surface area contributed by atoms with Crippen LogP contribution in [0.25, 0.3) is 0 Å². The highest BCUT2D eigenvalue weighted by Crippen LogP contribution is 2.07. The van der Waals surface area contributed by atoms with Gasteiger partial charge in [-0.05, 0) is 28.4 Å². The maximum atomic E-state index is 11.9. The number of carboxylic acids is 1. The van der Waals surface area contributed by atoms with Crippen LogP contribution in [0.1, 0.15) is 36.5 Å². The van der Waals surface area contributed by atoms with E-state index in [9.17, 15) is 14.4 Å². The van der Waals surface area contributed by atoms with Gasteiger partial charge in [0.05, 0.1) is 10.0 Å². The molecule has 0 aromatic carbocycles. The Morgan fingerprint density at radius 1 is 1.53 bits per heavy atom. The highest BCUT2D eigenvalue weighted by molar-refractivity contribution is 9.10. The third-order valence-electron chi connectivity index (χ3n) is 2.57. The van der Waals surface area contributed by atoms with E-state index in [1.165, 1.54) is 12.3 Å². The SMILES string of the molecule is CCCCC(NC(=O)c1c[nH]c(=O)c(Br)c1)C(=O)O. The molecule has 1 amide bonds. The lowest BCUT2D eigenvalue weighted by molar-refractivity contribution is -0.139. The Morgan fingerprint density at radius 3 is 2.74 bits per heavy atom. The minimum atomic E-state index is -1.06. The Labute approximate surface area is 118 Å². The summed E-state index contributed by atoms with van der Waals surface area (Å²) in [5, 5.41) is 11.4. The second kappa shape index (κ2) is 7.08. The zero-order valence-electron chi connectivity index (χ0n) is 10.4. The van der Waals surface area contributed by atoms with Crippen molar-refractivity contribution in [2.75, 3.05) is 0 Å². The van der Waals surface area contributed by atoms with Crippen LogP contribution in [0.15, 0.2) is 21.5 Å². The van der Waals surface area contributed by atoms with Crippen LogP contribution < -0.4 is 10.9 Å². The van der Waals surface area contributed by atoms with Crippen molar-refractivity contribution >= 4 is 27.8 Å². The zero-order valence-corrected chi connectivity index (χ0v) is 12.0. The topological polar surface area (TPSA) is 99.3 Å². The van der Waals surface area contributed by atoms with E-state index in [2.05, 4.69) is 26.2 Å². The second-order valence-electron chi connectivity index (χ2n) is 4.07. The number of H-pyrrole nitrogens is 1. The molecular formula is C12H15BrN2O4. The fraction of sp³-hybridized carbons (Fsp3) is 0.417. The van der Waals surface area contributed by atoms with E-state index in [1.807, 2.05) is 6.92 Å². The molecule has 0 aliphatic carbocycles. The van der Waals surface area contributed by atoms with Crippen molar-refractivity contribution in [1.29, 1.82) is 0 Å². The third-order valence-corrected chi connectivity index (χ3v) is 3.16. The number of aromatic nitrogens is 1. The fourth-order valence-corrected chi connectivity index (χ4v) is 1.86. The van der Waals surface area contributed by atoms with Gasteiger partial charge in [-0.2, -0.15) is 0 Å². The van der Waals surface area contributed by atoms with Crippen LogP contribution >= 0.6 is 15.9 Å². The van der Waals surface area contributed by atoms with Gasteiger partial charge >= 0.3 is 5.97 Å². The Hall–Kier alpha value is -1.63. The molecule has 0 aliphatic heterocycles. The van der Waals surface area contributed by atoms with Gasteiger partial charge in [-0.3, -0.25) is 9.59 Å². The number of carbonyl (C=O) groups is 2. The standard InChI is InChI=1S/C12H15BrN2O4/c1-2-3-4-9(12(18)19)15-10(16)7-5-8(13)11(17)14-6-7/h5-6,9H,2-4H2,1H3,(H,14,17)(H,15,16)(H,18,19). The molecule has 1 aromatic rings. The summed E-state index contributed by atoms with van der Waals surface area (Å²) >= 11 is 3.01. The molecule has 1 heterocycles. The first-order valence-electron chi connectivity index (χ1n) is 5.87. The van der Waals surface area contributed by atoms with Crippen LogP contribution in [0.2, 0.25) is 0 Å². The minimum absolute atomic E-state index is 0.203. The molecule has 6 nitrogen and oxygen atoms in total. The van der Waals surface area contributed by atoms with Crippen molar-refractivity contribution < 1.29 is 14.7 Å². The van der Waals surface area contributed by atoms with Crippen molar-refractivity contribution in [1.82, 2.24) is 10.3 Å². The van der Waals surface area contributed by atoms with E-state index >= 15 is 0 Å². The number of halogens is 1. The quantitative estimate of drug-likeness (QED) is 0.736. The predicted molar refractivity (Wildman–Crippen MR) is 73.2 cm³/mol. The first kappa shape index (κ1) is 15.4. The van der Waals surface area contributed by atoms with Crippen LogP contribution in [0.3, 0.4) is 0 Å². The summed E-state index contributed by atoms with van der Waals surface area (Å²) in [4.78, 5) is 36.4. The van der Waals surface area contributed by atoms with Crippen LogP contribution in [0.4, 0.5) is 0 Å². The van der Waals surface area contributed by atoms with Crippen molar-refractivity contribution in [3.63, 3.8) is 0 Å². The van der Waals surface area contributed by atoms with Crippen molar-refractivity contribution in [2.24, 2.45) is 0 Å². The van der Waals surface area contributed by atoms with Gasteiger partial charge in [0, 0.05) is 6.20 Å². The minimum Gasteiger partial charge on any atom is -0.480 e. The fourth-order valence-electron chi connectivity index (χ4n) is 1.49. The summed E-state index contributed by atoms with van der Waals surface area (Å²) in [7, 11) is 0. The summed E-state index contributed by atoms with van der Waals surface area (Å²) in [6, 6.07) is 0.436. The number of aromatic amines is 1. The van der Waals surface area contributed by atoms with Gasteiger partial charge in [-0.15, -0.1) is 0 Å². The van der Waals surface area contributed by atoms with Gasteiger partial charge in [0.15, 0.2) is 0 Å². The number of aliphatic carboxylic acids is 1. The molecule has 1 rings (SSSR count). The number of hydrogen-bond acceptors (Lipinski definition) is 3. The highest BCUT2D eigenvalue weighted by atomic mass is 79.9. The molecule has 0 spiro atoms. The van der Waals surface area contributed by atoms with Crippen molar-refractivity contribution in [3.8, 4) is 0 Å². The highest BCUT2D eigenvalue weighted by Gasteiger charge is 2.20. The second-order valence-corrected chi connectivity index (χ2v) is 4.93. The lowest BCUT2D eigenvalue weighted by Crippen LogP contribution is -2.40. The molecule has 0 fully saturated rings. The molecule has 1 unspecified atom stereocenters. The number of unbranched alkanes of at least 4 members (excludes halogenated alkanes) is 1. The van der Waals surface area contributed by atoms with E-state index in [-0.39, 0.29) is 15.6 Å². The summed E-state index contributed by atoms with van der Waals surface area (Å²) in [5.74, 6) is -1.59. The summed E-state index contributed by atoms with van der Waals surface area (Å²) < 4.78 is 0.223. The Kier molecular flexibility index (Phi) is 5.75. The van der Waals surface area contributed by atoms with Gasteiger partial charge in [0.25, 0.3) is 11.5 Å². The monoisotopic (exact) mass is 330 g/mol. The average Bonchev–Trinajstić information content (AvgIpc) is 2.37. The van der Waals surface area contributed by atoms with E-state index in [4.69, 9.17) is 5.11 Å². The maximum absolute atomic E-state index is 11.9. The maximum Gasteiger partial charge on any atom is 0.326 e. The van der Waals surface area contributed by atoms with E-state index < -0.39 is 17.9 Å². The van der Waals surface area contributed by atoms with Gasteiger partial charge < -0.3 is 15.4 Å². The molecule has 1 aromatic heterocycles. The third kappa shape index (κ3) is 4.51. The summed E-state index contributed by atoms with van der Waals surface area (Å²) in [6.07, 6.45) is 3.19. The van der Waals surface area contributed by atoms with Crippen LogP contribution in [-0.4, -0.2) is 28.0 Å². The Balaban J connectivity index is 2.78. The molecule has 3 N–H and O–H groups in total. The molecule has 7 heteroatoms. The number of rotatable bonds is 6. The van der Waals surface area contributed by atoms with E-state index in [0.29, 0.717) is 12.8 Å². The van der Waals surface area contributed by atoms with Crippen molar-refractivity contribution in [2.45, 2.75) is 32.2 Å². The van der Waals surface area contributed by atoms with Crippen LogP contribution in [0.5, 0.6) is 0 Å². The number of carbonyl (C=O) groups excluding carboxylic acids is 1. The Bertz CT molecular complexity index is 527. The molecule has 0 aliphatic rings. The van der Waals surface area contributed by atoms with E-state index in [0.717, 1.165) is 6.42 Å². The number of pyridine rings is 1. The predicted octanol–water partition coefficient (Wildman–Crippen LogP) is 1.51. The number of nitrogens with one attached hydrogen (secondary N) is 2. The zero-order chi connectivity index (χ0) is 14.4. The van der Waals surface area contributed by atoms with E-state index in [1.54, 1.807) is 0 Å². The van der Waals surface area contributed by atoms with Gasteiger partial charge in [-0.25, -0.2) is 4.79 Å². The molecule has 0 radical (unpaired) electrons. The average molecular weight is 331 g/mol. The first-order chi connectivity index (χ1) is 8.95. The molecule has 0 saturated carbocycles. The molecule has 1 atom stereocenters. The van der Waals surface area contributed by atoms with Crippen LogP contribution in [-0.2, 0) is 4.79 Å². The van der Waals surface area contributed by atoms with Gasteiger partial charge in [-0.1, -0.05) is 19.8 Å². The number of hydrogen-bond donors (Lipinski definition) is 3. The molecule has 19 heavy (non-hydrogen) atoms. The smallest absolute Gasteiger partial charge is 0.326 e. The molecular weight excluding hydrogens is 316 g/mol. The van der Waals surface area contributed by atoms with Gasteiger partial charge in [0.2, 0.25) is 0 Å². The van der Waals surface area contributed by atoms with Gasteiger partial charge in [0.1, 0.15) is 6.04 Å².